The molecule has 1 amide bonds. The first-order valence-corrected chi connectivity index (χ1v) is 9.36. The maximum Gasteiger partial charge on any atom is 0.243 e. The van der Waals surface area contributed by atoms with Crippen molar-refractivity contribution in [1.29, 1.82) is 0 Å². The molecule has 4 rings (SSSR count). The van der Waals surface area contributed by atoms with Gasteiger partial charge >= 0.3 is 0 Å². The summed E-state index contributed by atoms with van der Waals surface area (Å²) in [5.74, 6) is 2.82. The molecule has 0 aromatic heterocycles. The van der Waals surface area contributed by atoms with E-state index in [1.165, 1.54) is 25.7 Å². The van der Waals surface area contributed by atoms with Gasteiger partial charge in [0.2, 0.25) is 5.91 Å². The van der Waals surface area contributed by atoms with Gasteiger partial charge in [-0.3, -0.25) is 9.59 Å². The average molecular weight is 315 g/mol. The van der Waals surface area contributed by atoms with Crippen molar-refractivity contribution in [2.45, 2.75) is 65.3 Å². The summed E-state index contributed by atoms with van der Waals surface area (Å²) in [6.45, 7) is 6.53. The van der Waals surface area contributed by atoms with Crippen molar-refractivity contribution >= 4 is 11.7 Å². The summed E-state index contributed by atoms with van der Waals surface area (Å²) >= 11 is 0. The Bertz CT molecular complexity index is 582. The average Bonchev–Trinajstić information content (AvgIpc) is 2.85. The number of hydrogen-bond donors (Lipinski definition) is 1. The highest BCUT2D eigenvalue weighted by atomic mass is 16.1. The van der Waals surface area contributed by atoms with Crippen LogP contribution in [-0.4, -0.2) is 17.7 Å². The fourth-order valence-electron chi connectivity index (χ4n) is 7.00. The van der Waals surface area contributed by atoms with Gasteiger partial charge in [-0.25, -0.2) is 0 Å². The van der Waals surface area contributed by atoms with Gasteiger partial charge in [0, 0.05) is 17.4 Å². The minimum absolute atomic E-state index is 0.0732. The van der Waals surface area contributed by atoms with E-state index in [2.05, 4.69) is 25.2 Å². The fourth-order valence-corrected chi connectivity index (χ4v) is 7.00. The highest BCUT2D eigenvalue weighted by Crippen LogP contribution is 2.65. The van der Waals surface area contributed by atoms with Crippen molar-refractivity contribution in [2.75, 3.05) is 0 Å². The van der Waals surface area contributed by atoms with Crippen molar-refractivity contribution < 1.29 is 9.59 Å². The molecule has 1 aliphatic heterocycles. The highest BCUT2D eigenvalue weighted by molar-refractivity contribution is 5.89. The third-order valence-electron chi connectivity index (χ3n) is 8.18. The largest absolute Gasteiger partial charge is 0.349 e. The van der Waals surface area contributed by atoms with Gasteiger partial charge in [0.05, 0.1) is 0 Å². The molecule has 7 atom stereocenters. The van der Waals surface area contributed by atoms with E-state index in [4.69, 9.17) is 0 Å². The predicted octanol–water partition coefficient (Wildman–Crippen LogP) is 3.49. The molecule has 3 saturated carbocycles. The first-order chi connectivity index (χ1) is 10.9. The minimum Gasteiger partial charge on any atom is -0.349 e. The van der Waals surface area contributed by atoms with Gasteiger partial charge in [0.25, 0.3) is 0 Å². The number of Topliss-reactive ketones (excluding diaryl/α,β-unsaturated/α-hetero) is 1. The normalized spacial score (nSPS) is 51.4. The second-order valence-corrected chi connectivity index (χ2v) is 9.00. The van der Waals surface area contributed by atoms with Crippen LogP contribution in [0.4, 0.5) is 0 Å². The molecule has 4 aliphatic rings. The van der Waals surface area contributed by atoms with Gasteiger partial charge in [0.1, 0.15) is 5.78 Å². The quantitative estimate of drug-likeness (QED) is 0.805. The maximum atomic E-state index is 12.1. The van der Waals surface area contributed by atoms with Crippen molar-refractivity contribution in [1.82, 2.24) is 5.32 Å². The molecular formula is C20H29NO2. The minimum atomic E-state index is 0.0732. The van der Waals surface area contributed by atoms with Crippen LogP contribution in [-0.2, 0) is 9.59 Å². The zero-order valence-electron chi connectivity index (χ0n) is 14.6. The molecule has 3 aliphatic carbocycles. The Labute approximate surface area is 139 Å². The monoisotopic (exact) mass is 315 g/mol. The Hall–Kier alpha value is -1.12. The summed E-state index contributed by atoms with van der Waals surface area (Å²) in [7, 11) is 0. The lowest BCUT2D eigenvalue weighted by molar-refractivity contribution is -0.130. The van der Waals surface area contributed by atoms with Gasteiger partial charge in [-0.05, 0) is 74.7 Å². The first-order valence-electron chi connectivity index (χ1n) is 9.36. The van der Waals surface area contributed by atoms with E-state index in [1.54, 1.807) is 13.0 Å². The van der Waals surface area contributed by atoms with E-state index >= 15 is 0 Å². The second-order valence-electron chi connectivity index (χ2n) is 9.00. The van der Waals surface area contributed by atoms with Crippen LogP contribution >= 0.6 is 0 Å². The zero-order chi connectivity index (χ0) is 16.4. The van der Waals surface area contributed by atoms with E-state index in [0.29, 0.717) is 23.7 Å². The lowest BCUT2D eigenvalue weighted by Gasteiger charge is -2.58. The molecule has 1 N–H and O–H groups in total. The molecule has 0 aromatic carbocycles. The van der Waals surface area contributed by atoms with Gasteiger partial charge < -0.3 is 5.32 Å². The Morgan fingerprint density at radius 2 is 1.91 bits per heavy atom. The summed E-state index contributed by atoms with van der Waals surface area (Å²) in [5.41, 5.74) is 0.324. The van der Waals surface area contributed by atoms with Crippen LogP contribution in [0.1, 0.15) is 59.3 Å². The molecular weight excluding hydrogens is 286 g/mol. The fraction of sp³-hybridized carbons (Fsp3) is 0.800. The number of carbonyl (C=O) groups excluding carboxylic acids is 2. The van der Waals surface area contributed by atoms with Crippen LogP contribution in [0.15, 0.2) is 12.2 Å². The van der Waals surface area contributed by atoms with Gasteiger partial charge in [0.15, 0.2) is 0 Å². The summed E-state index contributed by atoms with van der Waals surface area (Å²) in [6, 6.07) is 0.301. The number of fused-ring (bicyclic) bond motifs is 5. The Morgan fingerprint density at radius 1 is 1.13 bits per heavy atom. The molecule has 23 heavy (non-hydrogen) atoms. The number of carbonyl (C=O) groups is 2. The summed E-state index contributed by atoms with van der Waals surface area (Å²) < 4.78 is 0. The molecule has 3 fully saturated rings. The highest BCUT2D eigenvalue weighted by Gasteiger charge is 2.60. The number of ketones is 1. The number of hydrogen-bond acceptors (Lipinski definition) is 2. The molecule has 0 radical (unpaired) electrons. The van der Waals surface area contributed by atoms with Crippen molar-refractivity contribution in [3.05, 3.63) is 12.2 Å². The van der Waals surface area contributed by atoms with Crippen LogP contribution in [0, 0.1) is 34.5 Å². The number of rotatable bonds is 1. The third kappa shape index (κ3) is 2.01. The number of amides is 1. The molecule has 126 valence electrons. The van der Waals surface area contributed by atoms with Crippen LogP contribution in [0.2, 0.25) is 0 Å². The van der Waals surface area contributed by atoms with E-state index < -0.39 is 0 Å². The lowest BCUT2D eigenvalue weighted by atomic mass is 9.48. The van der Waals surface area contributed by atoms with Crippen LogP contribution in [0.5, 0.6) is 0 Å². The van der Waals surface area contributed by atoms with Gasteiger partial charge in [-0.15, -0.1) is 0 Å². The van der Waals surface area contributed by atoms with Crippen molar-refractivity contribution in [3.63, 3.8) is 0 Å². The third-order valence-corrected chi connectivity index (χ3v) is 8.18. The van der Waals surface area contributed by atoms with Crippen LogP contribution in [0.25, 0.3) is 0 Å². The maximum absolute atomic E-state index is 12.1. The molecule has 6 unspecified atom stereocenters. The standard InChI is InChI=1S/C20H29NO2/c1-12(22)14-5-6-15-13-4-7-17-20(3,11-9-18(23)21-17)16(13)8-10-19(14,15)2/h9,11,13-17H,4-8,10H2,1-3H3,(H,21,23)/t13?,14?,15?,16?,17-,19?,20?/m1/s1. The van der Waals surface area contributed by atoms with Gasteiger partial charge in [-0.1, -0.05) is 19.9 Å². The Balaban J connectivity index is 1.66. The molecule has 3 nitrogen and oxygen atoms in total. The summed E-state index contributed by atoms with van der Waals surface area (Å²) in [4.78, 5) is 23.9. The smallest absolute Gasteiger partial charge is 0.243 e. The van der Waals surface area contributed by atoms with Crippen LogP contribution in [0.3, 0.4) is 0 Å². The summed E-state index contributed by atoms with van der Waals surface area (Å²) in [6.07, 6.45) is 10.9. The lowest BCUT2D eigenvalue weighted by Crippen LogP contribution is -2.59. The SMILES string of the molecule is CC(=O)C1CCC2C3CC[C@H]4NC(=O)C=CC4(C)C3CCC12C. The Morgan fingerprint density at radius 3 is 2.65 bits per heavy atom. The topological polar surface area (TPSA) is 46.2 Å². The number of nitrogens with one attached hydrogen (secondary N) is 1. The Kier molecular flexibility index (Phi) is 3.31. The van der Waals surface area contributed by atoms with E-state index in [0.717, 1.165) is 18.8 Å². The second kappa shape index (κ2) is 4.94. The summed E-state index contributed by atoms with van der Waals surface area (Å²) in [5, 5.41) is 3.21. The molecule has 0 spiro atoms. The van der Waals surface area contributed by atoms with E-state index in [1.807, 2.05) is 0 Å². The zero-order valence-corrected chi connectivity index (χ0v) is 14.6. The molecule has 3 heteroatoms. The molecule has 0 bridgehead atoms. The van der Waals surface area contributed by atoms with Gasteiger partial charge in [-0.2, -0.15) is 0 Å². The molecule has 0 saturated heterocycles. The van der Waals surface area contributed by atoms with E-state index in [9.17, 15) is 9.59 Å². The molecule has 1 heterocycles. The first kappa shape index (κ1) is 15.4. The molecule has 0 aromatic rings. The van der Waals surface area contributed by atoms with Crippen molar-refractivity contribution in [3.8, 4) is 0 Å². The van der Waals surface area contributed by atoms with Crippen LogP contribution < -0.4 is 5.32 Å². The van der Waals surface area contributed by atoms with E-state index in [-0.39, 0.29) is 22.7 Å². The van der Waals surface area contributed by atoms with Crippen molar-refractivity contribution in [2.24, 2.45) is 34.5 Å². The predicted molar refractivity (Wildman–Crippen MR) is 89.6 cm³/mol.